The first-order chi connectivity index (χ1) is 17.3. The fraction of sp³-hybridized carbons (Fsp3) is 0.138. The molecule has 0 spiro atoms. The van der Waals surface area contributed by atoms with Gasteiger partial charge in [0, 0.05) is 24.0 Å². The summed E-state index contributed by atoms with van der Waals surface area (Å²) < 4.78 is 5.42. The van der Waals surface area contributed by atoms with E-state index in [2.05, 4.69) is 40.9 Å². The number of hydrogen-bond donors (Lipinski definition) is 1. The molecule has 4 aromatic carbocycles. The van der Waals surface area contributed by atoms with Crippen molar-refractivity contribution in [2.24, 2.45) is 5.10 Å². The predicted molar refractivity (Wildman–Crippen MR) is 141 cm³/mol. The molecule has 1 aliphatic heterocycles. The molecule has 0 bridgehead atoms. The monoisotopic (exact) mass is 460 g/mol. The number of nitrogens with zero attached hydrogens (tertiary/aromatic N) is 3. The molecule has 6 rings (SSSR count). The van der Waals surface area contributed by atoms with E-state index >= 15 is 0 Å². The van der Waals surface area contributed by atoms with Crippen LogP contribution in [0.1, 0.15) is 15.9 Å². The first-order valence-electron chi connectivity index (χ1n) is 11.7. The SMILES string of the molecule is O=C(c1cc(N/N=C/c2c3ccccc3cc3ccccc23)nc2ccccc12)N1CCOCC1. The number of rotatable bonds is 4. The molecule has 1 saturated heterocycles. The highest BCUT2D eigenvalue weighted by Gasteiger charge is 2.21. The number of benzene rings is 4. The van der Waals surface area contributed by atoms with Crippen LogP contribution in [-0.4, -0.2) is 48.3 Å². The van der Waals surface area contributed by atoms with E-state index in [1.807, 2.05) is 59.6 Å². The number of para-hydroxylation sites is 1. The van der Waals surface area contributed by atoms with E-state index in [9.17, 15) is 4.79 Å². The van der Waals surface area contributed by atoms with Crippen LogP contribution in [0.5, 0.6) is 0 Å². The van der Waals surface area contributed by atoms with Gasteiger partial charge in [0.2, 0.25) is 0 Å². The molecule has 0 unspecified atom stereocenters. The zero-order chi connectivity index (χ0) is 23.6. The van der Waals surface area contributed by atoms with Crippen molar-refractivity contribution < 1.29 is 9.53 Å². The summed E-state index contributed by atoms with van der Waals surface area (Å²) in [7, 11) is 0. The number of nitrogens with one attached hydrogen (secondary N) is 1. The van der Waals surface area contributed by atoms with Crippen LogP contribution in [0.25, 0.3) is 32.4 Å². The Bertz CT molecular complexity index is 1530. The molecule has 1 aliphatic rings. The van der Waals surface area contributed by atoms with Gasteiger partial charge in [-0.1, -0.05) is 66.7 Å². The lowest BCUT2D eigenvalue weighted by molar-refractivity contribution is 0.0304. The van der Waals surface area contributed by atoms with Gasteiger partial charge < -0.3 is 9.64 Å². The number of aromatic nitrogens is 1. The molecule has 1 fully saturated rings. The van der Waals surface area contributed by atoms with Gasteiger partial charge >= 0.3 is 0 Å². The molecule has 172 valence electrons. The molecule has 0 atom stereocenters. The quantitative estimate of drug-likeness (QED) is 0.220. The fourth-order valence-corrected chi connectivity index (χ4v) is 4.70. The lowest BCUT2D eigenvalue weighted by Gasteiger charge is -2.27. The van der Waals surface area contributed by atoms with Crippen LogP contribution in [-0.2, 0) is 4.74 Å². The summed E-state index contributed by atoms with van der Waals surface area (Å²) in [6.45, 7) is 2.29. The van der Waals surface area contributed by atoms with Gasteiger partial charge in [0.1, 0.15) is 5.82 Å². The largest absolute Gasteiger partial charge is 0.378 e. The summed E-state index contributed by atoms with van der Waals surface area (Å²) in [4.78, 5) is 19.9. The van der Waals surface area contributed by atoms with Crippen molar-refractivity contribution in [1.82, 2.24) is 9.88 Å². The van der Waals surface area contributed by atoms with Gasteiger partial charge in [-0.3, -0.25) is 10.2 Å². The summed E-state index contributed by atoms with van der Waals surface area (Å²) in [5.41, 5.74) is 5.48. The van der Waals surface area contributed by atoms with Gasteiger partial charge in [-0.05, 0) is 39.7 Å². The van der Waals surface area contributed by atoms with Crippen LogP contribution < -0.4 is 5.43 Å². The number of morpholine rings is 1. The molecule has 35 heavy (non-hydrogen) atoms. The van der Waals surface area contributed by atoms with E-state index in [-0.39, 0.29) is 5.91 Å². The Morgan fingerprint density at radius 2 is 1.49 bits per heavy atom. The zero-order valence-corrected chi connectivity index (χ0v) is 19.1. The minimum Gasteiger partial charge on any atom is -0.378 e. The number of hydrogen-bond acceptors (Lipinski definition) is 5. The van der Waals surface area contributed by atoms with Gasteiger partial charge in [-0.15, -0.1) is 0 Å². The van der Waals surface area contributed by atoms with E-state index in [0.717, 1.165) is 38.0 Å². The zero-order valence-electron chi connectivity index (χ0n) is 19.1. The molecule has 1 aromatic heterocycles. The highest BCUT2D eigenvalue weighted by Crippen LogP contribution is 2.27. The Morgan fingerprint density at radius 1 is 0.857 bits per heavy atom. The second-order valence-electron chi connectivity index (χ2n) is 8.58. The lowest BCUT2D eigenvalue weighted by Crippen LogP contribution is -2.40. The first kappa shape index (κ1) is 21.3. The maximum Gasteiger partial charge on any atom is 0.254 e. The number of pyridine rings is 1. The van der Waals surface area contributed by atoms with Crippen LogP contribution >= 0.6 is 0 Å². The lowest BCUT2D eigenvalue weighted by atomic mass is 9.97. The molecule has 6 nitrogen and oxygen atoms in total. The third kappa shape index (κ3) is 4.09. The summed E-state index contributed by atoms with van der Waals surface area (Å²) in [6.07, 6.45) is 1.84. The second-order valence-corrected chi connectivity index (χ2v) is 8.58. The summed E-state index contributed by atoms with van der Waals surface area (Å²) in [5, 5.41) is 9.97. The molecule has 0 aliphatic carbocycles. The molecular formula is C29H24N4O2. The number of anilines is 1. The van der Waals surface area contributed by atoms with Crippen LogP contribution in [0, 0.1) is 0 Å². The van der Waals surface area contributed by atoms with Crippen LogP contribution in [0.15, 0.2) is 90.0 Å². The van der Waals surface area contributed by atoms with Gasteiger partial charge in [-0.2, -0.15) is 5.10 Å². The molecule has 5 aromatic rings. The number of carbonyl (C=O) groups is 1. The molecule has 0 saturated carbocycles. The minimum atomic E-state index is -0.0148. The standard InChI is InChI=1S/C29H24N4O2/c34-29(33-13-15-35-16-14-33)25-18-28(31-27-12-6-5-11-24(25)27)32-30-19-26-22-9-3-1-7-20(22)17-21-8-2-4-10-23(21)26/h1-12,17-19H,13-16H2,(H,31,32)/b30-19+. The highest BCUT2D eigenvalue weighted by molar-refractivity contribution is 6.13. The number of hydrazone groups is 1. The van der Waals surface area contributed by atoms with E-state index < -0.39 is 0 Å². The molecule has 1 N–H and O–H groups in total. The minimum absolute atomic E-state index is 0.0148. The van der Waals surface area contributed by atoms with Crippen LogP contribution in [0.2, 0.25) is 0 Å². The number of ether oxygens (including phenoxy) is 1. The Morgan fingerprint density at radius 3 is 2.20 bits per heavy atom. The Balaban J connectivity index is 1.38. The molecule has 2 heterocycles. The fourth-order valence-electron chi connectivity index (χ4n) is 4.70. The molecular weight excluding hydrogens is 436 g/mol. The van der Waals surface area contributed by atoms with Gasteiger partial charge in [0.05, 0.1) is 30.5 Å². The number of fused-ring (bicyclic) bond motifs is 3. The van der Waals surface area contributed by atoms with Crippen molar-refractivity contribution in [1.29, 1.82) is 0 Å². The average Bonchev–Trinajstić information content (AvgIpc) is 2.92. The van der Waals surface area contributed by atoms with Gasteiger partial charge in [0.15, 0.2) is 0 Å². The molecule has 0 radical (unpaired) electrons. The normalized spacial score (nSPS) is 14.2. The Hall–Kier alpha value is -4.29. The van der Waals surface area contributed by atoms with Crippen molar-refractivity contribution in [3.63, 3.8) is 0 Å². The maximum atomic E-state index is 13.3. The van der Waals surface area contributed by atoms with E-state index in [4.69, 9.17) is 9.72 Å². The first-order valence-corrected chi connectivity index (χ1v) is 11.7. The van der Waals surface area contributed by atoms with Crippen molar-refractivity contribution in [3.8, 4) is 0 Å². The second kappa shape index (κ2) is 9.16. The number of amides is 1. The highest BCUT2D eigenvalue weighted by atomic mass is 16.5. The van der Waals surface area contributed by atoms with E-state index in [0.29, 0.717) is 37.7 Å². The summed E-state index contributed by atoms with van der Waals surface area (Å²) in [6, 6.07) is 28.3. The number of carbonyl (C=O) groups excluding carboxylic acids is 1. The van der Waals surface area contributed by atoms with Crippen molar-refractivity contribution in [2.75, 3.05) is 31.7 Å². The van der Waals surface area contributed by atoms with Crippen LogP contribution in [0.4, 0.5) is 5.82 Å². The smallest absolute Gasteiger partial charge is 0.254 e. The average molecular weight is 461 g/mol. The van der Waals surface area contributed by atoms with Crippen LogP contribution in [0.3, 0.4) is 0 Å². The Labute approximate surface area is 202 Å². The topological polar surface area (TPSA) is 66.8 Å². The third-order valence-electron chi connectivity index (χ3n) is 6.43. The van der Waals surface area contributed by atoms with Crippen molar-refractivity contribution in [2.45, 2.75) is 0 Å². The van der Waals surface area contributed by atoms with E-state index in [1.54, 1.807) is 6.07 Å². The molecule has 1 amide bonds. The van der Waals surface area contributed by atoms with Crippen molar-refractivity contribution >= 4 is 50.4 Å². The maximum absolute atomic E-state index is 13.3. The van der Waals surface area contributed by atoms with Crippen molar-refractivity contribution in [3.05, 3.63) is 96.1 Å². The van der Waals surface area contributed by atoms with E-state index in [1.165, 1.54) is 0 Å². The van der Waals surface area contributed by atoms with Gasteiger partial charge in [-0.25, -0.2) is 4.98 Å². The van der Waals surface area contributed by atoms with Gasteiger partial charge in [0.25, 0.3) is 5.91 Å². The summed E-state index contributed by atoms with van der Waals surface area (Å²) >= 11 is 0. The third-order valence-corrected chi connectivity index (χ3v) is 6.43. The summed E-state index contributed by atoms with van der Waals surface area (Å²) in [5.74, 6) is 0.514. The Kier molecular flexibility index (Phi) is 5.56. The molecule has 6 heteroatoms. The predicted octanol–water partition coefficient (Wildman–Crippen LogP) is 5.46.